The number of Topliss-reactive ketones (excluding diaryl/α,β-unsaturated/α-hetero) is 1. The number of hydrogen-bond acceptors (Lipinski definition) is 3. The zero-order valence-corrected chi connectivity index (χ0v) is 17.5. The highest BCUT2D eigenvalue weighted by Gasteiger charge is 2.30. The fourth-order valence-electron chi connectivity index (χ4n) is 3.25. The Hall–Kier alpha value is -2.75. The smallest absolute Gasteiger partial charge is 0.232 e. The molecule has 0 saturated heterocycles. The molecule has 0 bridgehead atoms. The summed E-state index contributed by atoms with van der Waals surface area (Å²) in [4.78, 5) is 12.8. The molecular weight excluding hydrogens is 407 g/mol. The molecule has 0 saturated carbocycles. The molecule has 0 N–H and O–H groups in total. The quantitative estimate of drug-likeness (QED) is 0.431. The van der Waals surface area contributed by atoms with Crippen LogP contribution in [0.25, 0.3) is 6.08 Å². The van der Waals surface area contributed by atoms with Crippen LogP contribution in [0.15, 0.2) is 60.4 Å². The monoisotopic (exact) mass is 424 g/mol. The van der Waals surface area contributed by atoms with E-state index in [0.717, 1.165) is 22.3 Å². The molecule has 1 aliphatic rings. The minimum absolute atomic E-state index is 0.114. The predicted molar refractivity (Wildman–Crippen MR) is 116 cm³/mol. The number of benzene rings is 3. The summed E-state index contributed by atoms with van der Waals surface area (Å²) in [5.74, 6) is 1.34. The first-order chi connectivity index (χ1) is 13.9. The molecule has 1 aliphatic heterocycles. The van der Waals surface area contributed by atoms with Crippen LogP contribution in [0.3, 0.4) is 0 Å². The van der Waals surface area contributed by atoms with Gasteiger partial charge in [0, 0.05) is 6.07 Å². The summed E-state index contributed by atoms with van der Waals surface area (Å²) >= 11 is 12.0. The van der Waals surface area contributed by atoms with Gasteiger partial charge < -0.3 is 9.47 Å². The Balaban J connectivity index is 1.57. The van der Waals surface area contributed by atoms with E-state index in [1.54, 1.807) is 24.3 Å². The molecule has 0 radical (unpaired) electrons. The maximum absolute atomic E-state index is 12.8. The molecule has 5 heteroatoms. The number of ketones is 1. The van der Waals surface area contributed by atoms with Crippen molar-refractivity contribution in [2.45, 2.75) is 20.5 Å². The SMILES string of the molecule is Cc1ccccc1/C=C1\Oc2cc(OCc3ccc(Cl)c(Cl)c3)cc(C)c2C1=O. The molecule has 0 atom stereocenters. The third kappa shape index (κ3) is 4.02. The van der Waals surface area contributed by atoms with Crippen molar-refractivity contribution >= 4 is 35.1 Å². The van der Waals surface area contributed by atoms with Gasteiger partial charge >= 0.3 is 0 Å². The van der Waals surface area contributed by atoms with Crippen molar-refractivity contribution in [3.05, 3.63) is 98.2 Å². The maximum atomic E-state index is 12.8. The van der Waals surface area contributed by atoms with Crippen LogP contribution >= 0.6 is 23.2 Å². The van der Waals surface area contributed by atoms with Crippen molar-refractivity contribution < 1.29 is 14.3 Å². The minimum Gasteiger partial charge on any atom is -0.489 e. The molecule has 1 heterocycles. The lowest BCUT2D eigenvalue weighted by atomic mass is 10.0. The Kier molecular flexibility index (Phi) is 5.35. The van der Waals surface area contributed by atoms with Gasteiger partial charge in [-0.05, 0) is 60.4 Å². The Bertz CT molecular complexity index is 1150. The van der Waals surface area contributed by atoms with Crippen molar-refractivity contribution in [2.24, 2.45) is 0 Å². The van der Waals surface area contributed by atoms with Crippen LogP contribution in [-0.2, 0) is 6.61 Å². The molecule has 0 fully saturated rings. The van der Waals surface area contributed by atoms with E-state index in [1.165, 1.54) is 0 Å². The fourth-order valence-corrected chi connectivity index (χ4v) is 3.57. The lowest BCUT2D eigenvalue weighted by molar-refractivity contribution is 0.101. The van der Waals surface area contributed by atoms with Crippen molar-refractivity contribution in [3.8, 4) is 11.5 Å². The molecule has 146 valence electrons. The van der Waals surface area contributed by atoms with Crippen LogP contribution in [0.2, 0.25) is 10.0 Å². The first-order valence-corrected chi connectivity index (χ1v) is 9.89. The summed E-state index contributed by atoms with van der Waals surface area (Å²) < 4.78 is 11.8. The predicted octanol–water partition coefficient (Wildman–Crippen LogP) is 6.81. The Morgan fingerprint density at radius 2 is 1.76 bits per heavy atom. The van der Waals surface area contributed by atoms with Crippen LogP contribution in [0, 0.1) is 13.8 Å². The van der Waals surface area contributed by atoms with Gasteiger partial charge in [-0.25, -0.2) is 0 Å². The van der Waals surface area contributed by atoms with Crippen molar-refractivity contribution in [1.29, 1.82) is 0 Å². The fraction of sp³-hybridized carbons (Fsp3) is 0.125. The van der Waals surface area contributed by atoms with Crippen LogP contribution in [0.5, 0.6) is 11.5 Å². The van der Waals surface area contributed by atoms with E-state index in [2.05, 4.69) is 0 Å². The minimum atomic E-state index is -0.114. The standard InChI is InChI=1S/C24H18Cl2O3/c1-14-5-3-4-6-17(14)11-22-24(27)23-15(2)9-18(12-21(23)29-22)28-13-16-7-8-19(25)20(26)10-16/h3-12H,13H2,1-2H3/b22-11-. The van der Waals surface area contributed by atoms with Gasteiger partial charge in [0.2, 0.25) is 5.78 Å². The topological polar surface area (TPSA) is 35.5 Å². The molecule has 0 aromatic heterocycles. The molecule has 0 spiro atoms. The molecule has 0 unspecified atom stereocenters. The second-order valence-corrected chi connectivity index (χ2v) is 7.76. The number of allylic oxidation sites excluding steroid dienone is 1. The second kappa shape index (κ2) is 7.94. The average Bonchev–Trinajstić information content (AvgIpc) is 3.00. The number of ether oxygens (including phenoxy) is 2. The Morgan fingerprint density at radius 3 is 2.52 bits per heavy atom. The van der Waals surface area contributed by atoms with Crippen LogP contribution in [0.4, 0.5) is 0 Å². The van der Waals surface area contributed by atoms with Gasteiger partial charge in [-0.2, -0.15) is 0 Å². The van der Waals surface area contributed by atoms with Gasteiger partial charge in [0.1, 0.15) is 18.1 Å². The number of carbonyl (C=O) groups excluding carboxylic acids is 1. The van der Waals surface area contributed by atoms with Gasteiger partial charge in [-0.1, -0.05) is 53.5 Å². The Morgan fingerprint density at radius 1 is 0.966 bits per heavy atom. The van der Waals surface area contributed by atoms with Gasteiger partial charge in [-0.3, -0.25) is 4.79 Å². The molecule has 0 amide bonds. The van der Waals surface area contributed by atoms with Crippen molar-refractivity contribution in [2.75, 3.05) is 0 Å². The van der Waals surface area contributed by atoms with E-state index in [4.69, 9.17) is 32.7 Å². The number of halogens is 2. The molecular formula is C24H18Cl2O3. The third-order valence-electron chi connectivity index (χ3n) is 4.81. The molecule has 3 aromatic rings. The maximum Gasteiger partial charge on any atom is 0.232 e. The van der Waals surface area contributed by atoms with E-state index in [-0.39, 0.29) is 5.78 Å². The normalized spacial score (nSPS) is 14.1. The summed E-state index contributed by atoms with van der Waals surface area (Å²) in [5.41, 5.74) is 4.32. The van der Waals surface area contributed by atoms with Gasteiger partial charge in [0.25, 0.3) is 0 Å². The van der Waals surface area contributed by atoms with Gasteiger partial charge in [0.15, 0.2) is 5.76 Å². The van der Waals surface area contributed by atoms with Crippen LogP contribution < -0.4 is 9.47 Å². The van der Waals surface area contributed by atoms with Crippen LogP contribution in [0.1, 0.15) is 32.6 Å². The van der Waals surface area contributed by atoms with Gasteiger partial charge in [0.05, 0.1) is 15.6 Å². The highest BCUT2D eigenvalue weighted by Crippen LogP contribution is 2.38. The number of hydrogen-bond donors (Lipinski definition) is 0. The van der Waals surface area contributed by atoms with E-state index in [0.29, 0.717) is 39.5 Å². The number of fused-ring (bicyclic) bond motifs is 1. The molecule has 0 aliphatic carbocycles. The lowest BCUT2D eigenvalue weighted by Gasteiger charge is -2.10. The second-order valence-electron chi connectivity index (χ2n) is 6.95. The zero-order valence-electron chi connectivity index (χ0n) is 16.0. The number of carbonyl (C=O) groups is 1. The lowest BCUT2D eigenvalue weighted by Crippen LogP contribution is -2.00. The summed E-state index contributed by atoms with van der Waals surface area (Å²) in [6.45, 7) is 4.21. The average molecular weight is 425 g/mol. The summed E-state index contributed by atoms with van der Waals surface area (Å²) in [5, 5.41) is 0.987. The van der Waals surface area contributed by atoms with Crippen molar-refractivity contribution in [3.63, 3.8) is 0 Å². The number of rotatable bonds is 4. The molecule has 3 nitrogen and oxygen atoms in total. The molecule has 29 heavy (non-hydrogen) atoms. The first-order valence-electron chi connectivity index (χ1n) is 9.13. The van der Waals surface area contributed by atoms with Gasteiger partial charge in [-0.15, -0.1) is 0 Å². The number of aryl methyl sites for hydroxylation is 2. The largest absolute Gasteiger partial charge is 0.489 e. The van der Waals surface area contributed by atoms with E-state index in [9.17, 15) is 4.79 Å². The summed E-state index contributed by atoms with van der Waals surface area (Å²) in [6, 6.07) is 16.8. The highest BCUT2D eigenvalue weighted by atomic mass is 35.5. The molecule has 4 rings (SSSR count). The van der Waals surface area contributed by atoms with E-state index < -0.39 is 0 Å². The van der Waals surface area contributed by atoms with E-state index in [1.807, 2.05) is 50.2 Å². The highest BCUT2D eigenvalue weighted by molar-refractivity contribution is 6.42. The van der Waals surface area contributed by atoms with Crippen LogP contribution in [-0.4, -0.2) is 5.78 Å². The van der Waals surface area contributed by atoms with Crippen molar-refractivity contribution in [1.82, 2.24) is 0 Å². The summed E-state index contributed by atoms with van der Waals surface area (Å²) in [6.07, 6.45) is 1.79. The zero-order chi connectivity index (χ0) is 20.5. The Labute approximate surface area is 179 Å². The molecule has 3 aromatic carbocycles. The third-order valence-corrected chi connectivity index (χ3v) is 5.55. The first kappa shape index (κ1) is 19.6. The summed E-state index contributed by atoms with van der Waals surface area (Å²) in [7, 11) is 0. The van der Waals surface area contributed by atoms with E-state index >= 15 is 0 Å².